The standard InChI is InChI=1S/C28H34O7/c1-19-14-24(32-16-26-18-34-26)10-11-27(19)30-13-12-28(29)35-23-8-4-21(5-9-23)20-2-6-22(7-3-20)31-15-25-17-33-25/h2-3,6-7,10-11,14,21,23,25-26H,4-5,8-9,12-13,15-18H2,1H3. The van der Waals surface area contributed by atoms with E-state index in [2.05, 4.69) is 12.1 Å². The fourth-order valence-electron chi connectivity index (χ4n) is 4.42. The zero-order chi connectivity index (χ0) is 24.0. The fraction of sp³-hybridized carbons (Fsp3) is 0.536. The number of epoxide rings is 2. The smallest absolute Gasteiger partial charge is 0.309 e. The molecule has 0 spiro atoms. The van der Waals surface area contributed by atoms with E-state index in [0.717, 1.165) is 61.7 Å². The lowest BCUT2D eigenvalue weighted by molar-refractivity contribution is -0.151. The molecule has 0 aromatic heterocycles. The number of rotatable bonds is 12. The molecule has 1 saturated carbocycles. The summed E-state index contributed by atoms with van der Waals surface area (Å²) in [6.45, 7) is 5.05. The van der Waals surface area contributed by atoms with Gasteiger partial charge in [0.2, 0.25) is 0 Å². The van der Waals surface area contributed by atoms with Gasteiger partial charge in [0.05, 0.1) is 26.2 Å². The Hall–Kier alpha value is -2.77. The maximum atomic E-state index is 12.3. The van der Waals surface area contributed by atoms with Gasteiger partial charge in [-0.25, -0.2) is 0 Å². The summed E-state index contributed by atoms with van der Waals surface area (Å²) in [5.41, 5.74) is 2.30. The SMILES string of the molecule is Cc1cc(OCC2CO2)ccc1OCCC(=O)OC1CCC(c2ccc(OCC3CO3)cc2)CC1. The Morgan fingerprint density at radius 1 is 0.857 bits per heavy atom. The number of aryl methyl sites for hydroxylation is 1. The van der Waals surface area contributed by atoms with Gasteiger partial charge >= 0.3 is 5.97 Å². The molecule has 1 aliphatic carbocycles. The normalized spacial score (nSPS) is 24.9. The molecule has 2 aliphatic heterocycles. The van der Waals surface area contributed by atoms with Gasteiger partial charge in [-0.15, -0.1) is 0 Å². The quantitative estimate of drug-likeness (QED) is 0.323. The van der Waals surface area contributed by atoms with Crippen LogP contribution in [0.5, 0.6) is 17.2 Å². The zero-order valence-corrected chi connectivity index (χ0v) is 20.3. The van der Waals surface area contributed by atoms with Gasteiger partial charge in [0, 0.05) is 0 Å². The first-order chi connectivity index (χ1) is 17.1. The minimum atomic E-state index is -0.198. The molecule has 2 saturated heterocycles. The third-order valence-corrected chi connectivity index (χ3v) is 6.71. The molecule has 2 aromatic carbocycles. The second-order valence-corrected chi connectivity index (χ2v) is 9.59. The van der Waals surface area contributed by atoms with Crippen LogP contribution in [0.1, 0.15) is 49.1 Å². The Morgan fingerprint density at radius 3 is 2.11 bits per heavy atom. The van der Waals surface area contributed by atoms with Crippen molar-refractivity contribution in [3.63, 3.8) is 0 Å². The van der Waals surface area contributed by atoms with Crippen molar-refractivity contribution in [1.29, 1.82) is 0 Å². The maximum absolute atomic E-state index is 12.3. The predicted molar refractivity (Wildman–Crippen MR) is 129 cm³/mol. The molecule has 5 rings (SSSR count). The second-order valence-electron chi connectivity index (χ2n) is 9.59. The van der Waals surface area contributed by atoms with Crippen LogP contribution in [0.15, 0.2) is 42.5 Å². The molecule has 2 heterocycles. The second kappa shape index (κ2) is 11.3. The van der Waals surface area contributed by atoms with E-state index in [0.29, 0.717) is 25.7 Å². The highest BCUT2D eigenvalue weighted by atomic mass is 16.6. The van der Waals surface area contributed by atoms with E-state index < -0.39 is 0 Å². The molecule has 3 aliphatic rings. The Kier molecular flexibility index (Phi) is 7.74. The topological polar surface area (TPSA) is 79.1 Å². The van der Waals surface area contributed by atoms with Gasteiger partial charge in [-0.1, -0.05) is 12.1 Å². The molecule has 188 valence electrons. The van der Waals surface area contributed by atoms with Gasteiger partial charge in [-0.2, -0.15) is 0 Å². The van der Waals surface area contributed by atoms with Crippen LogP contribution in [0.25, 0.3) is 0 Å². The highest BCUT2D eigenvalue weighted by Crippen LogP contribution is 2.35. The first-order valence-corrected chi connectivity index (χ1v) is 12.6. The Bertz CT molecular complexity index is 973. The highest BCUT2D eigenvalue weighted by Gasteiger charge is 2.26. The molecule has 0 N–H and O–H groups in total. The van der Waals surface area contributed by atoms with Gasteiger partial charge in [-0.05, 0) is 80.0 Å². The van der Waals surface area contributed by atoms with Gasteiger partial charge in [0.1, 0.15) is 48.8 Å². The molecule has 2 aromatic rings. The minimum absolute atomic E-state index is 0.00601. The third-order valence-electron chi connectivity index (χ3n) is 6.71. The van der Waals surface area contributed by atoms with Crippen molar-refractivity contribution in [2.75, 3.05) is 33.0 Å². The van der Waals surface area contributed by atoms with Gasteiger partial charge in [0.25, 0.3) is 0 Å². The summed E-state index contributed by atoms with van der Waals surface area (Å²) in [6, 6.07) is 14.1. The maximum Gasteiger partial charge on any atom is 0.309 e. The zero-order valence-electron chi connectivity index (χ0n) is 20.3. The monoisotopic (exact) mass is 482 g/mol. The Morgan fingerprint density at radius 2 is 1.49 bits per heavy atom. The van der Waals surface area contributed by atoms with Crippen LogP contribution in [0, 0.1) is 6.92 Å². The summed E-state index contributed by atoms with van der Waals surface area (Å²) in [4.78, 5) is 12.3. The molecular formula is C28H34O7. The first-order valence-electron chi connectivity index (χ1n) is 12.6. The molecule has 0 amide bonds. The van der Waals surface area contributed by atoms with E-state index in [1.807, 2.05) is 37.3 Å². The molecule has 2 atom stereocenters. The molecule has 35 heavy (non-hydrogen) atoms. The Labute approximate surface area is 206 Å². The van der Waals surface area contributed by atoms with Crippen molar-refractivity contribution in [2.45, 2.75) is 63.3 Å². The van der Waals surface area contributed by atoms with E-state index in [-0.39, 0.29) is 30.7 Å². The third kappa shape index (κ3) is 7.36. The molecule has 0 bridgehead atoms. The van der Waals surface area contributed by atoms with Crippen molar-refractivity contribution >= 4 is 5.97 Å². The summed E-state index contributed by atoms with van der Waals surface area (Å²) in [7, 11) is 0. The lowest BCUT2D eigenvalue weighted by Crippen LogP contribution is -2.24. The van der Waals surface area contributed by atoms with Crippen LogP contribution in [0.2, 0.25) is 0 Å². The number of benzene rings is 2. The van der Waals surface area contributed by atoms with Gasteiger partial charge in [-0.3, -0.25) is 4.79 Å². The molecule has 7 nitrogen and oxygen atoms in total. The van der Waals surface area contributed by atoms with Crippen LogP contribution in [0.4, 0.5) is 0 Å². The summed E-state index contributed by atoms with van der Waals surface area (Å²) in [5, 5.41) is 0. The van der Waals surface area contributed by atoms with Gasteiger partial charge < -0.3 is 28.4 Å². The number of ether oxygens (including phenoxy) is 6. The lowest BCUT2D eigenvalue weighted by Gasteiger charge is -2.28. The average Bonchev–Trinajstić information content (AvgIpc) is 3.79. The van der Waals surface area contributed by atoms with Crippen molar-refractivity contribution in [3.05, 3.63) is 53.6 Å². The number of hydrogen-bond acceptors (Lipinski definition) is 7. The summed E-state index contributed by atoms with van der Waals surface area (Å²) < 4.78 is 33.3. The van der Waals surface area contributed by atoms with Crippen molar-refractivity contribution in [2.24, 2.45) is 0 Å². The van der Waals surface area contributed by atoms with Gasteiger partial charge in [0.15, 0.2) is 0 Å². The molecule has 2 unspecified atom stereocenters. The molecule has 3 fully saturated rings. The largest absolute Gasteiger partial charge is 0.493 e. The minimum Gasteiger partial charge on any atom is -0.493 e. The van der Waals surface area contributed by atoms with E-state index in [1.54, 1.807) is 0 Å². The summed E-state index contributed by atoms with van der Waals surface area (Å²) in [5.74, 6) is 2.74. The van der Waals surface area contributed by atoms with E-state index >= 15 is 0 Å². The molecule has 0 radical (unpaired) electrons. The highest BCUT2D eigenvalue weighted by molar-refractivity contribution is 5.69. The van der Waals surface area contributed by atoms with Crippen molar-refractivity contribution in [1.82, 2.24) is 0 Å². The van der Waals surface area contributed by atoms with Crippen molar-refractivity contribution < 1.29 is 33.2 Å². The number of esters is 1. The van der Waals surface area contributed by atoms with Crippen LogP contribution in [0.3, 0.4) is 0 Å². The number of carbonyl (C=O) groups is 1. The first kappa shape index (κ1) is 23.9. The van der Waals surface area contributed by atoms with Crippen LogP contribution < -0.4 is 14.2 Å². The lowest BCUT2D eigenvalue weighted by atomic mass is 9.83. The van der Waals surface area contributed by atoms with Crippen LogP contribution in [-0.4, -0.2) is 57.3 Å². The number of hydrogen-bond donors (Lipinski definition) is 0. The fourth-order valence-corrected chi connectivity index (χ4v) is 4.42. The summed E-state index contributed by atoms with van der Waals surface area (Å²) >= 11 is 0. The van der Waals surface area contributed by atoms with Crippen LogP contribution >= 0.6 is 0 Å². The van der Waals surface area contributed by atoms with E-state index in [1.165, 1.54) is 5.56 Å². The van der Waals surface area contributed by atoms with Crippen molar-refractivity contribution in [3.8, 4) is 17.2 Å². The van der Waals surface area contributed by atoms with E-state index in [9.17, 15) is 4.79 Å². The average molecular weight is 483 g/mol. The summed E-state index contributed by atoms with van der Waals surface area (Å²) in [6.07, 6.45) is 4.55. The number of carbonyl (C=O) groups excluding carboxylic acids is 1. The van der Waals surface area contributed by atoms with Crippen LogP contribution in [-0.2, 0) is 19.0 Å². The molecular weight excluding hydrogens is 448 g/mol. The Balaban J connectivity index is 0.983. The van der Waals surface area contributed by atoms with E-state index in [4.69, 9.17) is 28.4 Å². The predicted octanol–water partition coefficient (Wildman–Crippen LogP) is 4.59. The molecule has 7 heteroatoms.